The van der Waals surface area contributed by atoms with Crippen molar-refractivity contribution in [1.29, 1.82) is 0 Å². The van der Waals surface area contributed by atoms with E-state index in [2.05, 4.69) is 18.7 Å². The molecule has 0 radical (unpaired) electrons. The second-order valence-electron chi connectivity index (χ2n) is 4.61. The number of nitrogens with zero attached hydrogens (tertiary/aromatic N) is 1. The van der Waals surface area contributed by atoms with Gasteiger partial charge in [0.2, 0.25) is 0 Å². The van der Waals surface area contributed by atoms with E-state index < -0.39 is 0 Å². The maximum absolute atomic E-state index is 5.91. The van der Waals surface area contributed by atoms with Crippen LogP contribution in [0.5, 0.6) is 0 Å². The first kappa shape index (κ1) is 9.44. The molecule has 0 aliphatic carbocycles. The molecule has 2 fully saturated rings. The van der Waals surface area contributed by atoms with Gasteiger partial charge in [0.15, 0.2) is 0 Å². The van der Waals surface area contributed by atoms with Crippen molar-refractivity contribution in [1.82, 2.24) is 4.90 Å². The number of likely N-dealkylation sites (tertiary alicyclic amines) is 1. The molecule has 0 spiro atoms. The summed E-state index contributed by atoms with van der Waals surface area (Å²) in [6.07, 6.45) is 2.65. The minimum absolute atomic E-state index is 0.244. The normalized spacial score (nSPS) is 47.3. The standard InChI is InChI=1S/C10H20N2O/c1-8-10(2,4-6-13-8)12-5-3-9(11)7-12/h8-9H,3-7,11H2,1-2H3. The van der Waals surface area contributed by atoms with Gasteiger partial charge in [-0.1, -0.05) is 0 Å². The zero-order chi connectivity index (χ0) is 9.47. The molecule has 0 saturated carbocycles. The highest BCUT2D eigenvalue weighted by atomic mass is 16.5. The van der Waals surface area contributed by atoms with Crippen molar-refractivity contribution in [2.75, 3.05) is 19.7 Å². The van der Waals surface area contributed by atoms with Crippen molar-refractivity contribution in [2.24, 2.45) is 5.73 Å². The van der Waals surface area contributed by atoms with Crippen LogP contribution in [0.3, 0.4) is 0 Å². The third-order valence-corrected chi connectivity index (χ3v) is 3.80. The lowest BCUT2D eigenvalue weighted by Crippen LogP contribution is -2.50. The molecule has 2 aliphatic rings. The summed E-state index contributed by atoms with van der Waals surface area (Å²) in [5, 5.41) is 0. The largest absolute Gasteiger partial charge is 0.377 e. The molecular formula is C10H20N2O. The second-order valence-corrected chi connectivity index (χ2v) is 4.61. The van der Waals surface area contributed by atoms with E-state index in [0.29, 0.717) is 12.1 Å². The lowest BCUT2D eigenvalue weighted by Gasteiger charge is -2.37. The van der Waals surface area contributed by atoms with Gasteiger partial charge in [0, 0.05) is 31.3 Å². The second kappa shape index (κ2) is 3.23. The van der Waals surface area contributed by atoms with Crippen LogP contribution in [0.4, 0.5) is 0 Å². The van der Waals surface area contributed by atoms with Crippen LogP contribution in [0, 0.1) is 0 Å². The van der Waals surface area contributed by atoms with E-state index in [1.165, 1.54) is 0 Å². The summed E-state index contributed by atoms with van der Waals surface area (Å²) in [6.45, 7) is 7.58. The minimum Gasteiger partial charge on any atom is -0.377 e. The van der Waals surface area contributed by atoms with Crippen molar-refractivity contribution in [2.45, 2.75) is 44.4 Å². The van der Waals surface area contributed by atoms with Gasteiger partial charge in [-0.25, -0.2) is 0 Å². The van der Waals surface area contributed by atoms with Gasteiger partial charge in [0.05, 0.1) is 6.10 Å². The minimum atomic E-state index is 0.244. The number of hydrogen-bond acceptors (Lipinski definition) is 3. The Balaban J connectivity index is 2.06. The van der Waals surface area contributed by atoms with E-state index in [9.17, 15) is 0 Å². The lowest BCUT2D eigenvalue weighted by atomic mass is 9.93. The van der Waals surface area contributed by atoms with Gasteiger partial charge in [0.25, 0.3) is 0 Å². The van der Waals surface area contributed by atoms with Gasteiger partial charge in [-0.3, -0.25) is 4.90 Å². The van der Waals surface area contributed by atoms with E-state index in [4.69, 9.17) is 10.5 Å². The van der Waals surface area contributed by atoms with E-state index in [0.717, 1.165) is 32.5 Å². The summed E-state index contributed by atoms with van der Waals surface area (Å²) >= 11 is 0. The summed E-state index contributed by atoms with van der Waals surface area (Å²) in [6, 6.07) is 0.379. The number of hydrogen-bond donors (Lipinski definition) is 1. The Morgan fingerprint density at radius 1 is 1.54 bits per heavy atom. The van der Waals surface area contributed by atoms with Crippen molar-refractivity contribution >= 4 is 0 Å². The van der Waals surface area contributed by atoms with E-state index in [-0.39, 0.29) is 5.54 Å². The average molecular weight is 184 g/mol. The van der Waals surface area contributed by atoms with Gasteiger partial charge >= 0.3 is 0 Å². The SMILES string of the molecule is CC1OCCC1(C)N1CCC(N)C1. The number of ether oxygens (including phenoxy) is 1. The smallest absolute Gasteiger partial charge is 0.0728 e. The molecule has 0 bridgehead atoms. The Hall–Kier alpha value is -0.120. The molecular weight excluding hydrogens is 164 g/mol. The average Bonchev–Trinajstić information content (AvgIpc) is 2.62. The van der Waals surface area contributed by atoms with Gasteiger partial charge in [0.1, 0.15) is 0 Å². The molecule has 0 aromatic heterocycles. The first-order chi connectivity index (χ1) is 6.13. The van der Waals surface area contributed by atoms with Gasteiger partial charge < -0.3 is 10.5 Å². The van der Waals surface area contributed by atoms with E-state index >= 15 is 0 Å². The van der Waals surface area contributed by atoms with E-state index in [1.807, 2.05) is 0 Å². The Bertz CT molecular complexity index is 197. The molecule has 2 heterocycles. The first-order valence-corrected chi connectivity index (χ1v) is 5.25. The molecule has 0 amide bonds. The molecule has 2 aliphatic heterocycles. The predicted molar refractivity (Wildman–Crippen MR) is 52.6 cm³/mol. The molecule has 0 aromatic rings. The van der Waals surface area contributed by atoms with E-state index in [1.54, 1.807) is 0 Å². The molecule has 3 heteroatoms. The lowest BCUT2D eigenvalue weighted by molar-refractivity contribution is 0.0324. The van der Waals surface area contributed by atoms with Crippen LogP contribution < -0.4 is 5.73 Å². The van der Waals surface area contributed by atoms with Crippen LogP contribution in [0.25, 0.3) is 0 Å². The van der Waals surface area contributed by atoms with Crippen LogP contribution in [-0.4, -0.2) is 42.3 Å². The summed E-state index contributed by atoms with van der Waals surface area (Å²) in [4.78, 5) is 2.51. The molecule has 2 rings (SSSR count). The Labute approximate surface area is 80.2 Å². The maximum Gasteiger partial charge on any atom is 0.0728 e. The fourth-order valence-corrected chi connectivity index (χ4v) is 2.49. The fourth-order valence-electron chi connectivity index (χ4n) is 2.49. The zero-order valence-corrected chi connectivity index (χ0v) is 8.62. The molecule has 3 unspecified atom stereocenters. The van der Waals surface area contributed by atoms with Crippen molar-refractivity contribution in [3.63, 3.8) is 0 Å². The van der Waals surface area contributed by atoms with Crippen LogP contribution in [0.1, 0.15) is 26.7 Å². The summed E-state index contributed by atoms with van der Waals surface area (Å²) in [5.74, 6) is 0. The Morgan fingerprint density at radius 2 is 2.31 bits per heavy atom. The third kappa shape index (κ3) is 1.49. The van der Waals surface area contributed by atoms with Crippen molar-refractivity contribution in [3.8, 4) is 0 Å². The van der Waals surface area contributed by atoms with Crippen LogP contribution >= 0.6 is 0 Å². The summed E-state index contributed by atoms with van der Waals surface area (Å²) in [5.41, 5.74) is 6.16. The van der Waals surface area contributed by atoms with Crippen molar-refractivity contribution < 1.29 is 4.74 Å². The Kier molecular flexibility index (Phi) is 2.34. The highest BCUT2D eigenvalue weighted by Gasteiger charge is 2.44. The maximum atomic E-state index is 5.91. The summed E-state index contributed by atoms with van der Waals surface area (Å²) < 4.78 is 5.63. The quantitative estimate of drug-likeness (QED) is 0.648. The Morgan fingerprint density at radius 3 is 2.77 bits per heavy atom. The molecule has 76 valence electrons. The monoisotopic (exact) mass is 184 g/mol. The third-order valence-electron chi connectivity index (χ3n) is 3.80. The molecule has 3 atom stereocenters. The van der Waals surface area contributed by atoms with Crippen LogP contribution in [0.2, 0.25) is 0 Å². The zero-order valence-electron chi connectivity index (χ0n) is 8.62. The highest BCUT2D eigenvalue weighted by molar-refractivity contribution is 4.99. The molecule has 3 nitrogen and oxygen atoms in total. The fraction of sp³-hybridized carbons (Fsp3) is 1.00. The highest BCUT2D eigenvalue weighted by Crippen LogP contribution is 2.33. The topological polar surface area (TPSA) is 38.5 Å². The number of rotatable bonds is 1. The molecule has 0 aromatic carbocycles. The van der Waals surface area contributed by atoms with Gasteiger partial charge in [-0.2, -0.15) is 0 Å². The van der Waals surface area contributed by atoms with Gasteiger partial charge in [-0.15, -0.1) is 0 Å². The predicted octanol–water partition coefficient (Wildman–Crippen LogP) is 0.587. The molecule has 2 saturated heterocycles. The molecule has 13 heavy (non-hydrogen) atoms. The van der Waals surface area contributed by atoms with Crippen molar-refractivity contribution in [3.05, 3.63) is 0 Å². The summed E-state index contributed by atoms with van der Waals surface area (Å²) in [7, 11) is 0. The number of nitrogens with two attached hydrogens (primary N) is 1. The van der Waals surface area contributed by atoms with Gasteiger partial charge in [-0.05, 0) is 26.7 Å². The van der Waals surface area contributed by atoms with Crippen LogP contribution in [0.15, 0.2) is 0 Å². The van der Waals surface area contributed by atoms with Crippen LogP contribution in [-0.2, 0) is 4.74 Å². The first-order valence-electron chi connectivity index (χ1n) is 5.25. The molecule has 2 N–H and O–H groups in total.